The summed E-state index contributed by atoms with van der Waals surface area (Å²) in [5.41, 5.74) is 2.67. The number of rotatable bonds is 5. The first-order valence-electron chi connectivity index (χ1n) is 7.74. The van der Waals surface area contributed by atoms with E-state index in [4.69, 9.17) is 0 Å². The summed E-state index contributed by atoms with van der Waals surface area (Å²) < 4.78 is 0. The van der Waals surface area contributed by atoms with Crippen LogP contribution in [-0.4, -0.2) is 17.5 Å². The lowest BCUT2D eigenvalue weighted by atomic mass is 9.95. The van der Waals surface area contributed by atoms with Crippen LogP contribution >= 0.6 is 23.1 Å². The lowest BCUT2D eigenvalue weighted by Crippen LogP contribution is -2.34. The monoisotopic (exact) mass is 317 g/mol. The van der Waals surface area contributed by atoms with Gasteiger partial charge < -0.3 is 5.32 Å². The molecule has 1 nitrogen and oxygen atoms in total. The highest BCUT2D eigenvalue weighted by atomic mass is 32.2. The van der Waals surface area contributed by atoms with Gasteiger partial charge in [-0.05, 0) is 48.1 Å². The fraction of sp³-hybridized carbons (Fsp3) is 0.444. The third-order valence-electron chi connectivity index (χ3n) is 4.29. The number of thioether (sulfide) groups is 1. The zero-order valence-electron chi connectivity index (χ0n) is 12.5. The summed E-state index contributed by atoms with van der Waals surface area (Å²) in [7, 11) is 0. The smallest absolute Gasteiger partial charge is 0.0302 e. The summed E-state index contributed by atoms with van der Waals surface area (Å²) in [6.45, 7) is 1.02. The Kier molecular flexibility index (Phi) is 5.39. The van der Waals surface area contributed by atoms with Gasteiger partial charge in [0.1, 0.15) is 0 Å². The minimum Gasteiger partial charge on any atom is -0.309 e. The molecule has 0 amide bonds. The molecule has 3 rings (SSSR count). The molecule has 0 radical (unpaired) electrons. The first-order valence-corrected chi connectivity index (χ1v) is 9.91. The third-order valence-corrected chi connectivity index (χ3v) is 6.32. The fourth-order valence-electron chi connectivity index (χ4n) is 3.04. The Morgan fingerprint density at radius 3 is 2.86 bits per heavy atom. The van der Waals surface area contributed by atoms with E-state index < -0.39 is 0 Å². The largest absolute Gasteiger partial charge is 0.309 e. The molecular formula is C18H23NS2. The summed E-state index contributed by atoms with van der Waals surface area (Å²) in [6, 6.07) is 13.7. The van der Waals surface area contributed by atoms with Crippen molar-refractivity contribution < 1.29 is 0 Å². The van der Waals surface area contributed by atoms with Crippen LogP contribution in [0.2, 0.25) is 0 Å². The molecule has 1 N–H and O–H groups in total. The number of hydrogen-bond donors (Lipinski definition) is 1. The number of benzene rings is 1. The van der Waals surface area contributed by atoms with E-state index in [-0.39, 0.29) is 0 Å². The molecule has 0 spiro atoms. The Hall–Kier alpha value is -0.770. The van der Waals surface area contributed by atoms with E-state index >= 15 is 0 Å². The first-order chi connectivity index (χ1) is 10.3. The third kappa shape index (κ3) is 4.12. The number of thiophene rings is 1. The van der Waals surface area contributed by atoms with Crippen LogP contribution in [0, 0.1) is 0 Å². The highest BCUT2D eigenvalue weighted by Gasteiger charge is 2.20. The van der Waals surface area contributed by atoms with Gasteiger partial charge in [-0.3, -0.25) is 0 Å². The second kappa shape index (κ2) is 7.48. The Balaban J connectivity index is 1.55. The summed E-state index contributed by atoms with van der Waals surface area (Å²) >= 11 is 3.91. The van der Waals surface area contributed by atoms with Crippen molar-refractivity contribution in [1.29, 1.82) is 0 Å². The van der Waals surface area contributed by atoms with E-state index in [9.17, 15) is 0 Å². The van der Waals surface area contributed by atoms with Crippen LogP contribution in [-0.2, 0) is 6.54 Å². The highest BCUT2D eigenvalue weighted by Crippen LogP contribution is 2.28. The summed E-state index contributed by atoms with van der Waals surface area (Å²) in [6.07, 6.45) is 7.70. The van der Waals surface area contributed by atoms with E-state index in [0.29, 0.717) is 6.04 Å². The number of hydrogen-bond acceptors (Lipinski definition) is 3. The summed E-state index contributed by atoms with van der Waals surface area (Å²) in [4.78, 5) is 1.44. The Bertz CT molecular complexity index is 549. The van der Waals surface area contributed by atoms with Crippen molar-refractivity contribution in [3.05, 3.63) is 46.7 Å². The molecule has 2 unspecified atom stereocenters. The SMILES string of the molecule is CSC1CCCC(NCc2cc(-c3ccccc3)cs2)C1. The molecule has 1 aliphatic carbocycles. The highest BCUT2D eigenvalue weighted by molar-refractivity contribution is 7.99. The van der Waals surface area contributed by atoms with Crippen LogP contribution in [0.1, 0.15) is 30.6 Å². The van der Waals surface area contributed by atoms with E-state index in [1.54, 1.807) is 0 Å². The summed E-state index contributed by atoms with van der Waals surface area (Å²) in [5, 5.41) is 6.90. The number of nitrogens with one attached hydrogen (secondary N) is 1. The van der Waals surface area contributed by atoms with Crippen LogP contribution < -0.4 is 5.32 Å². The van der Waals surface area contributed by atoms with Crippen molar-refractivity contribution in [2.75, 3.05) is 6.26 Å². The zero-order chi connectivity index (χ0) is 14.5. The van der Waals surface area contributed by atoms with Gasteiger partial charge in [-0.15, -0.1) is 11.3 Å². The molecule has 1 aromatic carbocycles. The van der Waals surface area contributed by atoms with E-state index in [2.05, 4.69) is 53.4 Å². The molecule has 0 aliphatic heterocycles. The van der Waals surface area contributed by atoms with Gasteiger partial charge in [-0.1, -0.05) is 36.8 Å². The molecule has 3 heteroatoms. The van der Waals surface area contributed by atoms with Gasteiger partial charge in [0.2, 0.25) is 0 Å². The molecule has 1 heterocycles. The van der Waals surface area contributed by atoms with E-state index in [1.807, 2.05) is 23.1 Å². The van der Waals surface area contributed by atoms with Crippen molar-refractivity contribution in [2.45, 2.75) is 43.5 Å². The lowest BCUT2D eigenvalue weighted by Gasteiger charge is -2.28. The van der Waals surface area contributed by atoms with Gasteiger partial charge in [-0.25, -0.2) is 0 Å². The summed E-state index contributed by atoms with van der Waals surface area (Å²) in [5.74, 6) is 0. The minimum atomic E-state index is 0.707. The Morgan fingerprint density at radius 2 is 2.05 bits per heavy atom. The molecule has 0 saturated heterocycles. The lowest BCUT2D eigenvalue weighted by molar-refractivity contribution is 0.381. The van der Waals surface area contributed by atoms with Crippen molar-refractivity contribution >= 4 is 23.1 Å². The minimum absolute atomic E-state index is 0.707. The van der Waals surface area contributed by atoms with Gasteiger partial charge in [0.05, 0.1) is 0 Å². The van der Waals surface area contributed by atoms with E-state index in [1.165, 1.54) is 41.7 Å². The van der Waals surface area contributed by atoms with Crippen molar-refractivity contribution in [2.24, 2.45) is 0 Å². The maximum absolute atomic E-state index is 3.76. The van der Waals surface area contributed by atoms with Gasteiger partial charge in [-0.2, -0.15) is 11.8 Å². The van der Waals surface area contributed by atoms with Crippen molar-refractivity contribution in [3.8, 4) is 11.1 Å². The van der Waals surface area contributed by atoms with E-state index in [0.717, 1.165) is 11.8 Å². The molecule has 112 valence electrons. The molecule has 2 atom stereocenters. The van der Waals surface area contributed by atoms with Crippen LogP contribution in [0.25, 0.3) is 11.1 Å². The normalized spacial score (nSPS) is 22.3. The van der Waals surface area contributed by atoms with Crippen molar-refractivity contribution in [3.63, 3.8) is 0 Å². The maximum Gasteiger partial charge on any atom is 0.0302 e. The van der Waals surface area contributed by atoms with Crippen LogP contribution in [0.15, 0.2) is 41.8 Å². The quantitative estimate of drug-likeness (QED) is 0.815. The van der Waals surface area contributed by atoms with Gasteiger partial charge in [0.25, 0.3) is 0 Å². The standard InChI is InChI=1S/C18H23NS2/c1-20-17-9-5-8-16(11-17)19-12-18-10-15(13-21-18)14-6-3-2-4-7-14/h2-4,6-7,10,13,16-17,19H,5,8-9,11-12H2,1H3. The molecule has 21 heavy (non-hydrogen) atoms. The van der Waals surface area contributed by atoms with Gasteiger partial charge in [0.15, 0.2) is 0 Å². The van der Waals surface area contributed by atoms with Crippen LogP contribution in [0.5, 0.6) is 0 Å². The molecule has 1 saturated carbocycles. The van der Waals surface area contributed by atoms with Gasteiger partial charge in [0, 0.05) is 22.7 Å². The van der Waals surface area contributed by atoms with Crippen LogP contribution in [0.3, 0.4) is 0 Å². The second-order valence-corrected chi connectivity index (χ2v) is 7.90. The Labute approximate surface area is 136 Å². The second-order valence-electron chi connectivity index (χ2n) is 5.77. The molecule has 1 aliphatic rings. The van der Waals surface area contributed by atoms with Crippen LogP contribution in [0.4, 0.5) is 0 Å². The average molecular weight is 318 g/mol. The fourth-order valence-corrected chi connectivity index (χ4v) is 4.72. The van der Waals surface area contributed by atoms with Gasteiger partial charge >= 0.3 is 0 Å². The predicted octanol–water partition coefficient (Wildman–Crippen LogP) is 5.18. The average Bonchev–Trinajstić information content (AvgIpc) is 3.03. The maximum atomic E-state index is 3.76. The molecular weight excluding hydrogens is 294 g/mol. The topological polar surface area (TPSA) is 12.0 Å². The molecule has 2 aromatic rings. The zero-order valence-corrected chi connectivity index (χ0v) is 14.2. The van der Waals surface area contributed by atoms with Crippen molar-refractivity contribution in [1.82, 2.24) is 5.32 Å². The molecule has 1 aromatic heterocycles. The molecule has 1 fully saturated rings. The molecule has 0 bridgehead atoms. The predicted molar refractivity (Wildman–Crippen MR) is 96.2 cm³/mol. The Morgan fingerprint density at radius 1 is 1.19 bits per heavy atom. The first kappa shape index (κ1) is 15.1.